The summed E-state index contributed by atoms with van der Waals surface area (Å²) in [4.78, 5) is 29.1. The number of non-ortho nitro benzene ring substituents is 1. The summed E-state index contributed by atoms with van der Waals surface area (Å²) in [5.74, 6) is 0.382. The lowest BCUT2D eigenvalue weighted by atomic mass is 9.94. The average molecular weight is 441 g/mol. The van der Waals surface area contributed by atoms with E-state index in [4.69, 9.17) is 9.72 Å². The van der Waals surface area contributed by atoms with Crippen LogP contribution < -0.4 is 10.1 Å². The number of rotatable bonds is 5. The Morgan fingerprint density at radius 1 is 1.03 bits per heavy atom. The Morgan fingerprint density at radius 2 is 1.76 bits per heavy atom. The number of carbonyl (C=O) groups is 1. The SMILES string of the molecule is COc1ccc(-c2nc3c(C)cc(C)cc3c(C(=O)Nc3cccc([N+](=O)[O-])c3)c2C)cc1. The van der Waals surface area contributed by atoms with Crippen LogP contribution in [0.3, 0.4) is 0 Å². The molecule has 0 saturated carbocycles. The fraction of sp³-hybridized carbons (Fsp3) is 0.154. The Morgan fingerprint density at radius 3 is 2.42 bits per heavy atom. The molecule has 0 aliphatic heterocycles. The minimum Gasteiger partial charge on any atom is -0.497 e. The Balaban J connectivity index is 1.89. The molecule has 0 saturated heterocycles. The summed E-state index contributed by atoms with van der Waals surface area (Å²) in [6, 6.07) is 17.4. The molecule has 0 spiro atoms. The van der Waals surface area contributed by atoms with Crippen LogP contribution in [0.4, 0.5) is 11.4 Å². The largest absolute Gasteiger partial charge is 0.497 e. The first-order valence-corrected chi connectivity index (χ1v) is 10.4. The standard InChI is InChI=1S/C26H23N3O4/c1-15-12-16(2)24-22(13-15)23(26(30)27-19-6-5-7-20(14-19)29(31)32)17(3)25(28-24)18-8-10-21(33-4)11-9-18/h5-14H,1-4H3,(H,27,30). The van der Waals surface area contributed by atoms with Gasteiger partial charge in [-0.2, -0.15) is 0 Å². The van der Waals surface area contributed by atoms with Gasteiger partial charge in [0.25, 0.3) is 11.6 Å². The summed E-state index contributed by atoms with van der Waals surface area (Å²) in [7, 11) is 1.61. The number of nitrogens with one attached hydrogen (secondary N) is 1. The summed E-state index contributed by atoms with van der Waals surface area (Å²) < 4.78 is 5.26. The number of amides is 1. The first-order chi connectivity index (χ1) is 15.8. The van der Waals surface area contributed by atoms with Gasteiger partial charge in [0.1, 0.15) is 5.75 Å². The number of nitro benzene ring substituents is 1. The van der Waals surface area contributed by atoms with E-state index in [0.29, 0.717) is 16.9 Å². The summed E-state index contributed by atoms with van der Waals surface area (Å²) in [6.07, 6.45) is 0. The number of hydrogen-bond donors (Lipinski definition) is 1. The van der Waals surface area contributed by atoms with Gasteiger partial charge in [0.15, 0.2) is 0 Å². The molecule has 1 amide bonds. The first-order valence-electron chi connectivity index (χ1n) is 10.4. The second-order valence-electron chi connectivity index (χ2n) is 7.93. The van der Waals surface area contributed by atoms with Crippen molar-refractivity contribution in [3.63, 3.8) is 0 Å². The van der Waals surface area contributed by atoms with Crippen LogP contribution in [-0.4, -0.2) is 22.9 Å². The number of hydrogen-bond acceptors (Lipinski definition) is 5. The minimum absolute atomic E-state index is 0.0882. The molecule has 0 atom stereocenters. The number of carbonyl (C=O) groups excluding carboxylic acids is 1. The van der Waals surface area contributed by atoms with Gasteiger partial charge in [-0.15, -0.1) is 0 Å². The lowest BCUT2D eigenvalue weighted by Crippen LogP contribution is -2.15. The van der Waals surface area contributed by atoms with Crippen LogP contribution in [0.15, 0.2) is 60.7 Å². The van der Waals surface area contributed by atoms with Crippen LogP contribution in [0.1, 0.15) is 27.0 Å². The number of anilines is 1. The molecule has 1 aromatic heterocycles. The number of nitrogens with zero attached hydrogens (tertiary/aromatic N) is 2. The Hall–Kier alpha value is -4.26. The molecule has 7 heteroatoms. The van der Waals surface area contributed by atoms with Crippen molar-refractivity contribution in [1.29, 1.82) is 0 Å². The van der Waals surface area contributed by atoms with Crippen LogP contribution >= 0.6 is 0 Å². The topological polar surface area (TPSA) is 94.4 Å². The minimum atomic E-state index is -0.489. The second kappa shape index (κ2) is 8.70. The maximum atomic E-state index is 13.5. The lowest BCUT2D eigenvalue weighted by molar-refractivity contribution is -0.384. The maximum absolute atomic E-state index is 13.5. The smallest absolute Gasteiger partial charge is 0.271 e. The summed E-state index contributed by atoms with van der Waals surface area (Å²) in [5.41, 5.74) is 5.75. The van der Waals surface area contributed by atoms with Gasteiger partial charge in [-0.05, 0) is 68.3 Å². The summed E-state index contributed by atoms with van der Waals surface area (Å²) >= 11 is 0. The van der Waals surface area contributed by atoms with Crippen molar-refractivity contribution < 1.29 is 14.5 Å². The van der Waals surface area contributed by atoms with E-state index in [0.717, 1.165) is 38.9 Å². The van der Waals surface area contributed by atoms with Gasteiger partial charge in [0.05, 0.1) is 28.8 Å². The van der Waals surface area contributed by atoms with Gasteiger partial charge < -0.3 is 10.1 Å². The van der Waals surface area contributed by atoms with Gasteiger partial charge in [-0.1, -0.05) is 17.7 Å². The molecule has 3 aromatic carbocycles. The van der Waals surface area contributed by atoms with E-state index in [-0.39, 0.29) is 11.6 Å². The summed E-state index contributed by atoms with van der Waals surface area (Å²) in [6.45, 7) is 5.81. The molecule has 1 heterocycles. The number of benzene rings is 3. The fourth-order valence-corrected chi connectivity index (χ4v) is 4.03. The fourth-order valence-electron chi connectivity index (χ4n) is 4.03. The summed E-state index contributed by atoms with van der Waals surface area (Å²) in [5, 5.41) is 14.7. The van der Waals surface area contributed by atoms with Gasteiger partial charge in [0, 0.05) is 28.8 Å². The zero-order chi connectivity index (χ0) is 23.7. The first kappa shape index (κ1) is 22.0. The van der Waals surface area contributed by atoms with Crippen molar-refractivity contribution in [3.8, 4) is 17.0 Å². The Labute approximate surface area is 191 Å². The van der Waals surface area contributed by atoms with Crippen molar-refractivity contribution in [2.24, 2.45) is 0 Å². The number of fused-ring (bicyclic) bond motifs is 1. The van der Waals surface area contributed by atoms with Gasteiger partial charge in [0.2, 0.25) is 0 Å². The van der Waals surface area contributed by atoms with E-state index in [9.17, 15) is 14.9 Å². The third-order valence-electron chi connectivity index (χ3n) is 5.57. The highest BCUT2D eigenvalue weighted by atomic mass is 16.6. The zero-order valence-corrected chi connectivity index (χ0v) is 18.8. The molecule has 33 heavy (non-hydrogen) atoms. The van der Waals surface area contributed by atoms with Crippen molar-refractivity contribution in [3.05, 3.63) is 93.0 Å². The van der Waals surface area contributed by atoms with E-state index in [1.807, 2.05) is 57.2 Å². The Bertz CT molecular complexity index is 1400. The van der Waals surface area contributed by atoms with Crippen molar-refractivity contribution >= 4 is 28.2 Å². The molecule has 0 radical (unpaired) electrons. The van der Waals surface area contributed by atoms with Crippen LogP contribution in [0.25, 0.3) is 22.2 Å². The molecule has 4 aromatic rings. The highest BCUT2D eigenvalue weighted by molar-refractivity contribution is 6.15. The third-order valence-corrected chi connectivity index (χ3v) is 5.57. The molecule has 0 aliphatic carbocycles. The number of ether oxygens (including phenoxy) is 1. The highest BCUT2D eigenvalue weighted by Crippen LogP contribution is 2.33. The second-order valence-corrected chi connectivity index (χ2v) is 7.93. The van der Waals surface area contributed by atoms with E-state index < -0.39 is 4.92 Å². The maximum Gasteiger partial charge on any atom is 0.271 e. The van der Waals surface area contributed by atoms with Crippen molar-refractivity contribution in [1.82, 2.24) is 4.98 Å². The number of aromatic nitrogens is 1. The third kappa shape index (κ3) is 4.25. The van der Waals surface area contributed by atoms with E-state index in [2.05, 4.69) is 5.32 Å². The molecule has 0 aliphatic rings. The molecule has 0 fully saturated rings. The zero-order valence-electron chi connectivity index (χ0n) is 18.8. The monoisotopic (exact) mass is 441 g/mol. The average Bonchev–Trinajstić information content (AvgIpc) is 2.79. The molecule has 0 unspecified atom stereocenters. The molecule has 7 nitrogen and oxygen atoms in total. The van der Waals surface area contributed by atoms with Crippen molar-refractivity contribution in [2.45, 2.75) is 20.8 Å². The van der Waals surface area contributed by atoms with E-state index in [1.54, 1.807) is 19.2 Å². The number of nitro groups is 1. The van der Waals surface area contributed by atoms with Crippen LogP contribution in [0, 0.1) is 30.9 Å². The molecule has 1 N–H and O–H groups in total. The van der Waals surface area contributed by atoms with Crippen LogP contribution in [-0.2, 0) is 0 Å². The highest BCUT2D eigenvalue weighted by Gasteiger charge is 2.21. The predicted octanol–water partition coefficient (Wildman–Crippen LogP) is 6.00. The molecular weight excluding hydrogens is 418 g/mol. The molecule has 4 rings (SSSR count). The van der Waals surface area contributed by atoms with E-state index in [1.165, 1.54) is 12.1 Å². The number of methoxy groups -OCH3 is 1. The number of pyridine rings is 1. The number of aryl methyl sites for hydroxylation is 2. The van der Waals surface area contributed by atoms with Crippen molar-refractivity contribution in [2.75, 3.05) is 12.4 Å². The van der Waals surface area contributed by atoms with Crippen LogP contribution in [0.5, 0.6) is 5.75 Å². The quantitative estimate of drug-likeness (QED) is 0.303. The van der Waals surface area contributed by atoms with E-state index >= 15 is 0 Å². The molecule has 166 valence electrons. The van der Waals surface area contributed by atoms with Crippen LogP contribution in [0.2, 0.25) is 0 Å². The van der Waals surface area contributed by atoms with Gasteiger partial charge in [-0.25, -0.2) is 4.98 Å². The predicted molar refractivity (Wildman–Crippen MR) is 129 cm³/mol. The molecular formula is C26H23N3O4. The molecule has 0 bridgehead atoms. The lowest BCUT2D eigenvalue weighted by Gasteiger charge is -2.17. The normalized spacial score (nSPS) is 10.8. The van der Waals surface area contributed by atoms with Gasteiger partial charge in [-0.3, -0.25) is 14.9 Å². The van der Waals surface area contributed by atoms with Gasteiger partial charge >= 0.3 is 0 Å². The Kier molecular flexibility index (Phi) is 5.79.